The minimum atomic E-state index is -1.12. The second-order valence-corrected chi connectivity index (χ2v) is 5.33. The Balaban J connectivity index is 2.11. The molecule has 3 atom stereocenters. The van der Waals surface area contributed by atoms with E-state index in [1.54, 1.807) is 19.1 Å². The molecule has 1 saturated heterocycles. The van der Waals surface area contributed by atoms with Gasteiger partial charge in [0.2, 0.25) is 0 Å². The number of ether oxygens (including phenoxy) is 2. The minimum absolute atomic E-state index is 0.0796. The van der Waals surface area contributed by atoms with Crippen LogP contribution >= 0.6 is 0 Å². The molecule has 21 heavy (non-hydrogen) atoms. The van der Waals surface area contributed by atoms with E-state index in [4.69, 9.17) is 9.47 Å². The van der Waals surface area contributed by atoms with Gasteiger partial charge in [-0.2, -0.15) is 0 Å². The molecule has 0 aromatic heterocycles. The third-order valence-electron chi connectivity index (χ3n) is 3.84. The fourth-order valence-corrected chi connectivity index (χ4v) is 2.35. The summed E-state index contributed by atoms with van der Waals surface area (Å²) in [6.45, 7) is 1.83. The van der Waals surface area contributed by atoms with Crippen molar-refractivity contribution in [2.75, 3.05) is 20.3 Å². The molecule has 1 heterocycles. The van der Waals surface area contributed by atoms with Crippen molar-refractivity contribution in [3.05, 3.63) is 35.9 Å². The molecule has 0 aliphatic carbocycles. The summed E-state index contributed by atoms with van der Waals surface area (Å²) in [4.78, 5) is 23.7. The van der Waals surface area contributed by atoms with E-state index in [-0.39, 0.29) is 19.1 Å². The van der Waals surface area contributed by atoms with E-state index >= 15 is 0 Å². The maximum Gasteiger partial charge on any atom is 0.313 e. The molecular formula is C15H19NO5. The molecule has 1 aromatic rings. The van der Waals surface area contributed by atoms with Gasteiger partial charge in [-0.05, 0) is 12.5 Å². The first-order valence-corrected chi connectivity index (χ1v) is 6.68. The summed E-state index contributed by atoms with van der Waals surface area (Å²) < 4.78 is 10.5. The fraction of sp³-hybridized carbons (Fsp3) is 0.467. The van der Waals surface area contributed by atoms with Gasteiger partial charge in [-0.1, -0.05) is 30.3 Å². The third-order valence-corrected chi connectivity index (χ3v) is 3.84. The molecule has 1 aliphatic heterocycles. The van der Waals surface area contributed by atoms with Gasteiger partial charge in [0.05, 0.1) is 19.3 Å². The average molecular weight is 293 g/mol. The summed E-state index contributed by atoms with van der Waals surface area (Å²) in [5, 5.41) is 12.0. The lowest BCUT2D eigenvalue weighted by Gasteiger charge is -2.27. The minimum Gasteiger partial charge on any atom is -0.481 e. The highest BCUT2D eigenvalue weighted by molar-refractivity contribution is 5.84. The molecule has 2 rings (SSSR count). The zero-order valence-electron chi connectivity index (χ0n) is 12.0. The van der Waals surface area contributed by atoms with Crippen molar-refractivity contribution in [1.29, 1.82) is 0 Å². The monoisotopic (exact) mass is 293 g/mol. The van der Waals surface area contributed by atoms with Crippen LogP contribution in [-0.2, 0) is 19.1 Å². The van der Waals surface area contributed by atoms with Crippen LogP contribution in [0.3, 0.4) is 0 Å². The maximum absolute atomic E-state index is 12.4. The number of carbonyl (C=O) groups is 2. The quantitative estimate of drug-likeness (QED) is 0.845. The molecule has 2 N–H and O–H groups in total. The highest BCUT2D eigenvalue weighted by atomic mass is 16.5. The summed E-state index contributed by atoms with van der Waals surface area (Å²) in [6, 6.07) is 8.47. The van der Waals surface area contributed by atoms with Crippen molar-refractivity contribution in [2.45, 2.75) is 19.1 Å². The molecule has 1 aromatic carbocycles. The van der Waals surface area contributed by atoms with E-state index in [2.05, 4.69) is 5.32 Å². The van der Waals surface area contributed by atoms with Crippen LogP contribution in [0.15, 0.2) is 30.3 Å². The van der Waals surface area contributed by atoms with Gasteiger partial charge in [0, 0.05) is 7.11 Å². The van der Waals surface area contributed by atoms with Crippen LogP contribution in [0.2, 0.25) is 0 Å². The zero-order valence-corrected chi connectivity index (χ0v) is 12.0. The van der Waals surface area contributed by atoms with Gasteiger partial charge in [0.15, 0.2) is 6.10 Å². The van der Waals surface area contributed by atoms with Crippen molar-refractivity contribution in [2.24, 2.45) is 5.41 Å². The van der Waals surface area contributed by atoms with Crippen molar-refractivity contribution in [3.63, 3.8) is 0 Å². The molecule has 3 unspecified atom stereocenters. The molecule has 0 radical (unpaired) electrons. The van der Waals surface area contributed by atoms with Crippen LogP contribution in [0, 0.1) is 5.41 Å². The Morgan fingerprint density at radius 1 is 1.43 bits per heavy atom. The molecule has 1 aliphatic rings. The van der Waals surface area contributed by atoms with E-state index in [0.29, 0.717) is 5.56 Å². The number of hydrogen-bond donors (Lipinski definition) is 2. The highest BCUT2D eigenvalue weighted by Crippen LogP contribution is 2.29. The lowest BCUT2D eigenvalue weighted by atomic mass is 9.85. The summed E-state index contributed by atoms with van der Waals surface area (Å²) in [6.07, 6.45) is -0.773. The molecular weight excluding hydrogens is 274 g/mol. The predicted molar refractivity (Wildman–Crippen MR) is 74.7 cm³/mol. The van der Waals surface area contributed by atoms with Gasteiger partial charge in [0.1, 0.15) is 5.41 Å². The number of rotatable bonds is 5. The Morgan fingerprint density at radius 2 is 2.10 bits per heavy atom. The van der Waals surface area contributed by atoms with E-state index < -0.39 is 23.5 Å². The lowest BCUT2D eigenvalue weighted by molar-refractivity contribution is -0.149. The van der Waals surface area contributed by atoms with Crippen LogP contribution in [-0.4, -0.2) is 43.3 Å². The van der Waals surface area contributed by atoms with Crippen molar-refractivity contribution in [3.8, 4) is 0 Å². The van der Waals surface area contributed by atoms with Crippen molar-refractivity contribution >= 4 is 11.9 Å². The predicted octanol–water partition coefficient (Wildman–Crippen LogP) is 0.980. The average Bonchev–Trinajstić information content (AvgIpc) is 2.83. The van der Waals surface area contributed by atoms with E-state index in [1.807, 2.05) is 18.2 Å². The summed E-state index contributed by atoms with van der Waals surface area (Å²) in [7, 11) is 1.44. The molecule has 1 amide bonds. The number of carbonyl (C=O) groups excluding carboxylic acids is 1. The topological polar surface area (TPSA) is 84.9 Å². The van der Waals surface area contributed by atoms with Crippen LogP contribution in [0.25, 0.3) is 0 Å². The number of amides is 1. The van der Waals surface area contributed by atoms with Crippen LogP contribution < -0.4 is 5.32 Å². The normalized spacial score (nSPS) is 26.3. The van der Waals surface area contributed by atoms with Crippen LogP contribution in [0.5, 0.6) is 0 Å². The van der Waals surface area contributed by atoms with Gasteiger partial charge in [-0.25, -0.2) is 0 Å². The Bertz CT molecular complexity index is 518. The zero-order chi connectivity index (χ0) is 15.5. The molecule has 6 nitrogen and oxygen atoms in total. The molecule has 0 saturated carbocycles. The van der Waals surface area contributed by atoms with Gasteiger partial charge in [0.25, 0.3) is 5.91 Å². The second-order valence-electron chi connectivity index (χ2n) is 5.33. The Labute approximate surface area is 123 Å². The number of nitrogens with one attached hydrogen (secondary N) is 1. The number of aliphatic carboxylic acids is 1. The SMILES string of the molecule is COC(C(=O)NC1COCC1(C)C(=O)O)c1ccccc1. The summed E-state index contributed by atoms with van der Waals surface area (Å²) in [5.74, 6) is -1.36. The number of carboxylic acids is 1. The first-order valence-electron chi connectivity index (χ1n) is 6.68. The first kappa shape index (κ1) is 15.5. The van der Waals surface area contributed by atoms with Gasteiger partial charge >= 0.3 is 5.97 Å². The Kier molecular flexibility index (Phi) is 4.59. The van der Waals surface area contributed by atoms with Crippen molar-refractivity contribution in [1.82, 2.24) is 5.32 Å². The molecule has 114 valence electrons. The fourth-order valence-electron chi connectivity index (χ4n) is 2.35. The van der Waals surface area contributed by atoms with Crippen molar-refractivity contribution < 1.29 is 24.2 Å². The number of methoxy groups -OCH3 is 1. The molecule has 0 spiro atoms. The molecule has 0 bridgehead atoms. The second kappa shape index (κ2) is 6.24. The first-order chi connectivity index (χ1) is 9.99. The molecule has 6 heteroatoms. The number of carboxylic acid groups (broad SMARTS) is 1. The third kappa shape index (κ3) is 3.06. The summed E-state index contributed by atoms with van der Waals surface area (Å²) >= 11 is 0. The van der Waals surface area contributed by atoms with Crippen LogP contribution in [0.1, 0.15) is 18.6 Å². The molecule has 1 fully saturated rings. The summed E-state index contributed by atoms with van der Waals surface area (Å²) in [5.41, 5.74) is -0.404. The largest absolute Gasteiger partial charge is 0.481 e. The lowest BCUT2D eigenvalue weighted by Crippen LogP contribution is -2.51. The Hall–Kier alpha value is -1.92. The van der Waals surface area contributed by atoms with Gasteiger partial charge in [-0.3, -0.25) is 9.59 Å². The number of benzene rings is 1. The highest BCUT2D eigenvalue weighted by Gasteiger charge is 2.47. The van der Waals surface area contributed by atoms with Crippen LogP contribution in [0.4, 0.5) is 0 Å². The maximum atomic E-state index is 12.4. The van der Waals surface area contributed by atoms with E-state index in [1.165, 1.54) is 7.11 Å². The van der Waals surface area contributed by atoms with Gasteiger partial charge in [-0.15, -0.1) is 0 Å². The van der Waals surface area contributed by atoms with Gasteiger partial charge < -0.3 is 19.9 Å². The Morgan fingerprint density at radius 3 is 2.67 bits per heavy atom. The van der Waals surface area contributed by atoms with E-state index in [9.17, 15) is 14.7 Å². The standard InChI is InChI=1S/C15H19NO5/c1-15(14(18)19)9-21-8-11(15)16-13(17)12(20-2)10-6-4-3-5-7-10/h3-7,11-12H,8-9H2,1-2H3,(H,16,17)(H,18,19). The smallest absolute Gasteiger partial charge is 0.313 e. The van der Waals surface area contributed by atoms with E-state index in [0.717, 1.165) is 0 Å². The number of hydrogen-bond acceptors (Lipinski definition) is 4.